The lowest BCUT2D eigenvalue weighted by molar-refractivity contribution is 0.983. The van der Waals surface area contributed by atoms with Crippen molar-refractivity contribution in [2.75, 3.05) is 11.9 Å². The molecule has 0 aromatic carbocycles. The van der Waals surface area contributed by atoms with Crippen molar-refractivity contribution in [3.8, 4) is 0 Å². The summed E-state index contributed by atoms with van der Waals surface area (Å²) in [6, 6.07) is 8.23. The Morgan fingerprint density at radius 1 is 1.23 bits per heavy atom. The maximum Gasteiger partial charge on any atom is 0.137 e. The molecule has 0 bridgehead atoms. The zero-order valence-corrected chi connectivity index (χ0v) is 15.1. The molecule has 2 N–H and O–H groups in total. The molecule has 3 aromatic rings. The molecule has 0 saturated heterocycles. The van der Waals surface area contributed by atoms with Crippen LogP contribution < -0.4 is 5.32 Å². The van der Waals surface area contributed by atoms with Crippen LogP contribution in [-0.4, -0.2) is 21.5 Å². The predicted octanol–water partition coefficient (Wildman–Crippen LogP) is 5.04. The summed E-state index contributed by atoms with van der Waals surface area (Å²) in [6.45, 7) is 6.66. The highest BCUT2D eigenvalue weighted by molar-refractivity contribution is 5.79. The largest absolute Gasteiger partial charge is 0.370 e. The molecule has 4 heteroatoms. The van der Waals surface area contributed by atoms with Crippen LogP contribution in [-0.2, 0) is 6.42 Å². The first-order valence-electron chi connectivity index (χ1n) is 8.81. The van der Waals surface area contributed by atoms with Gasteiger partial charge in [-0.15, -0.1) is 0 Å². The molecule has 0 fully saturated rings. The molecule has 0 amide bonds. The molecule has 0 unspecified atom stereocenters. The summed E-state index contributed by atoms with van der Waals surface area (Å²) in [7, 11) is 0. The topological polar surface area (TPSA) is 53.6 Å². The minimum absolute atomic E-state index is 0.844. The number of hydrogen-bond donors (Lipinski definition) is 2. The van der Waals surface area contributed by atoms with Gasteiger partial charge in [-0.1, -0.05) is 42.5 Å². The van der Waals surface area contributed by atoms with E-state index in [0.29, 0.717) is 0 Å². The summed E-state index contributed by atoms with van der Waals surface area (Å²) < 4.78 is 0. The number of aromatic amines is 1. The Balaban J connectivity index is 1.54. The van der Waals surface area contributed by atoms with Crippen LogP contribution in [0.4, 0.5) is 5.82 Å². The van der Waals surface area contributed by atoms with Crippen molar-refractivity contribution in [2.24, 2.45) is 0 Å². The van der Waals surface area contributed by atoms with E-state index in [0.717, 1.165) is 30.9 Å². The van der Waals surface area contributed by atoms with E-state index in [2.05, 4.69) is 52.0 Å². The Labute approximate surface area is 154 Å². The van der Waals surface area contributed by atoms with Gasteiger partial charge in [0, 0.05) is 36.9 Å². The van der Waals surface area contributed by atoms with E-state index in [1.165, 1.54) is 22.1 Å². The average molecular weight is 344 g/mol. The van der Waals surface area contributed by atoms with Crippen molar-refractivity contribution < 1.29 is 0 Å². The third-order valence-electron chi connectivity index (χ3n) is 4.21. The maximum absolute atomic E-state index is 4.53. The first-order valence-corrected chi connectivity index (χ1v) is 8.81. The summed E-state index contributed by atoms with van der Waals surface area (Å²) in [6.07, 6.45) is 15.4. The Morgan fingerprint density at radius 3 is 2.96 bits per heavy atom. The molecule has 4 nitrogen and oxygen atoms in total. The van der Waals surface area contributed by atoms with Crippen molar-refractivity contribution in [1.29, 1.82) is 0 Å². The second-order valence-electron chi connectivity index (χ2n) is 6.25. The Hall–Kier alpha value is -3.14. The van der Waals surface area contributed by atoms with Crippen LogP contribution in [0.15, 0.2) is 79.3 Å². The number of nitrogens with one attached hydrogen (secondary N) is 2. The second-order valence-corrected chi connectivity index (χ2v) is 6.25. The van der Waals surface area contributed by atoms with E-state index in [1.54, 1.807) is 12.3 Å². The number of anilines is 1. The van der Waals surface area contributed by atoms with Crippen LogP contribution >= 0.6 is 0 Å². The SMILES string of the molecule is C=C/C=C\C=C(/C)CCNc1ccc(Cc2c[nH]c3ncccc23)cn1. The summed E-state index contributed by atoms with van der Waals surface area (Å²) in [5, 5.41) is 4.54. The van der Waals surface area contributed by atoms with Gasteiger partial charge in [0.15, 0.2) is 0 Å². The minimum Gasteiger partial charge on any atom is -0.370 e. The standard InChI is InChI=1S/C22H24N4/c1-3-4-5-7-17(2)11-13-23-21-10-9-18(15-25-21)14-19-16-26-22-20(19)8-6-12-24-22/h3-10,12,15-16H,1,11,13-14H2,2H3,(H,23,25)(H,24,26)/b5-4-,17-7+. The zero-order chi connectivity index (χ0) is 18.2. The highest BCUT2D eigenvalue weighted by Crippen LogP contribution is 2.19. The molecule has 3 aromatic heterocycles. The van der Waals surface area contributed by atoms with Crippen LogP contribution in [0.25, 0.3) is 11.0 Å². The van der Waals surface area contributed by atoms with Gasteiger partial charge in [0.2, 0.25) is 0 Å². The van der Waals surface area contributed by atoms with Crippen LogP contribution in [0.1, 0.15) is 24.5 Å². The van der Waals surface area contributed by atoms with E-state index in [9.17, 15) is 0 Å². The molecular formula is C22H24N4. The third kappa shape index (κ3) is 4.70. The number of hydrogen-bond acceptors (Lipinski definition) is 3. The Bertz CT molecular complexity index is 917. The fourth-order valence-corrected chi connectivity index (χ4v) is 2.78. The molecule has 0 spiro atoms. The fraction of sp³-hybridized carbons (Fsp3) is 0.182. The highest BCUT2D eigenvalue weighted by Gasteiger charge is 2.05. The molecule has 132 valence electrons. The van der Waals surface area contributed by atoms with Crippen molar-refractivity contribution in [3.05, 3.63) is 90.4 Å². The zero-order valence-electron chi connectivity index (χ0n) is 15.1. The maximum atomic E-state index is 4.53. The Kier molecular flexibility index (Phi) is 5.99. The highest BCUT2D eigenvalue weighted by atomic mass is 15.0. The number of allylic oxidation sites excluding steroid dienone is 4. The summed E-state index contributed by atoms with van der Waals surface area (Å²) in [5.41, 5.74) is 4.68. The third-order valence-corrected chi connectivity index (χ3v) is 4.21. The van der Waals surface area contributed by atoms with Gasteiger partial charge in [-0.05, 0) is 42.7 Å². The molecular weight excluding hydrogens is 320 g/mol. The Morgan fingerprint density at radius 2 is 2.15 bits per heavy atom. The number of pyridine rings is 2. The first kappa shape index (κ1) is 17.7. The molecule has 0 radical (unpaired) electrons. The van der Waals surface area contributed by atoms with Gasteiger partial charge in [0.1, 0.15) is 11.5 Å². The van der Waals surface area contributed by atoms with E-state index in [4.69, 9.17) is 0 Å². The van der Waals surface area contributed by atoms with Gasteiger partial charge < -0.3 is 10.3 Å². The number of H-pyrrole nitrogens is 1. The fourth-order valence-electron chi connectivity index (χ4n) is 2.78. The monoisotopic (exact) mass is 344 g/mol. The second kappa shape index (κ2) is 8.81. The van der Waals surface area contributed by atoms with E-state index >= 15 is 0 Å². The lowest BCUT2D eigenvalue weighted by Crippen LogP contribution is -2.03. The average Bonchev–Trinajstić information content (AvgIpc) is 3.06. The number of rotatable bonds is 8. The lowest BCUT2D eigenvalue weighted by Gasteiger charge is -2.07. The lowest BCUT2D eigenvalue weighted by atomic mass is 10.1. The summed E-state index contributed by atoms with van der Waals surface area (Å²) in [4.78, 5) is 12.1. The van der Waals surface area contributed by atoms with Crippen molar-refractivity contribution in [1.82, 2.24) is 15.0 Å². The smallest absolute Gasteiger partial charge is 0.137 e. The number of nitrogens with zero attached hydrogens (tertiary/aromatic N) is 2. The number of aromatic nitrogens is 3. The molecule has 0 saturated carbocycles. The molecule has 3 heterocycles. The quantitative estimate of drug-likeness (QED) is 0.563. The van der Waals surface area contributed by atoms with Gasteiger partial charge >= 0.3 is 0 Å². The van der Waals surface area contributed by atoms with Crippen molar-refractivity contribution in [3.63, 3.8) is 0 Å². The van der Waals surface area contributed by atoms with Gasteiger partial charge in [-0.2, -0.15) is 0 Å². The summed E-state index contributed by atoms with van der Waals surface area (Å²) in [5.74, 6) is 0.906. The normalized spacial score (nSPS) is 12.0. The predicted molar refractivity (Wildman–Crippen MR) is 109 cm³/mol. The van der Waals surface area contributed by atoms with E-state index in [1.807, 2.05) is 36.7 Å². The minimum atomic E-state index is 0.844. The van der Waals surface area contributed by atoms with Crippen LogP contribution in [0.3, 0.4) is 0 Å². The molecule has 0 aliphatic heterocycles. The molecule has 3 rings (SSSR count). The van der Waals surface area contributed by atoms with Gasteiger partial charge in [0.05, 0.1) is 0 Å². The van der Waals surface area contributed by atoms with Gasteiger partial charge in [-0.3, -0.25) is 0 Å². The van der Waals surface area contributed by atoms with E-state index < -0.39 is 0 Å². The van der Waals surface area contributed by atoms with Crippen LogP contribution in [0.5, 0.6) is 0 Å². The molecule has 0 atom stereocenters. The van der Waals surface area contributed by atoms with Crippen molar-refractivity contribution in [2.45, 2.75) is 19.8 Å². The molecule has 0 aliphatic carbocycles. The molecule has 0 aliphatic rings. The van der Waals surface area contributed by atoms with Crippen LogP contribution in [0.2, 0.25) is 0 Å². The molecule has 26 heavy (non-hydrogen) atoms. The van der Waals surface area contributed by atoms with Gasteiger partial charge in [0.25, 0.3) is 0 Å². The van der Waals surface area contributed by atoms with Crippen LogP contribution in [0, 0.1) is 0 Å². The summed E-state index contributed by atoms with van der Waals surface area (Å²) >= 11 is 0. The van der Waals surface area contributed by atoms with E-state index in [-0.39, 0.29) is 0 Å². The first-order chi connectivity index (χ1) is 12.8. The number of fused-ring (bicyclic) bond motifs is 1. The van der Waals surface area contributed by atoms with Gasteiger partial charge in [-0.25, -0.2) is 9.97 Å². The van der Waals surface area contributed by atoms with Crippen molar-refractivity contribution >= 4 is 16.9 Å².